The second kappa shape index (κ2) is 10.1. The Bertz CT molecular complexity index is 1520. The quantitative estimate of drug-likeness (QED) is 0.392. The van der Waals surface area contributed by atoms with Crippen molar-refractivity contribution >= 4 is 5.91 Å². The minimum absolute atomic E-state index is 0.110. The number of hydrogen-bond donors (Lipinski definition) is 0. The Morgan fingerprint density at radius 3 is 2.50 bits per heavy atom. The second-order valence-electron chi connectivity index (χ2n) is 9.48. The Hall–Kier alpha value is -4.44. The van der Waals surface area contributed by atoms with Gasteiger partial charge in [0.1, 0.15) is 6.54 Å². The summed E-state index contributed by atoms with van der Waals surface area (Å²) < 4.78 is 13.8. The van der Waals surface area contributed by atoms with Crippen molar-refractivity contribution in [2.75, 3.05) is 33.0 Å². The van der Waals surface area contributed by atoms with E-state index in [0.29, 0.717) is 18.9 Å². The molecule has 10 heteroatoms. The summed E-state index contributed by atoms with van der Waals surface area (Å²) in [6.45, 7) is 5.54. The Kier molecular flexibility index (Phi) is 6.38. The maximum Gasteiger partial charge on any atom is 0.267 e. The summed E-state index contributed by atoms with van der Waals surface area (Å²) in [5, 5.41) is 9.14. The van der Waals surface area contributed by atoms with Gasteiger partial charge in [0.05, 0.1) is 5.69 Å². The van der Waals surface area contributed by atoms with E-state index in [0.717, 1.165) is 53.6 Å². The predicted molar refractivity (Wildman–Crippen MR) is 140 cm³/mol. The number of hydrogen-bond acceptors (Lipinski definition) is 7. The van der Waals surface area contributed by atoms with Crippen LogP contribution in [0.25, 0.3) is 17.1 Å². The molecule has 1 fully saturated rings. The first-order chi connectivity index (χ1) is 18.5. The number of amides is 1. The highest BCUT2D eigenvalue weighted by Gasteiger charge is 2.23. The van der Waals surface area contributed by atoms with Gasteiger partial charge >= 0.3 is 0 Å². The third-order valence-corrected chi connectivity index (χ3v) is 6.88. The number of carbonyl (C=O) groups excluding carboxylic acids is 1. The summed E-state index contributed by atoms with van der Waals surface area (Å²) in [5.74, 6) is 1.92. The standard InChI is InChI=1S/C28H28N6O4/c1-20-15-23(22-5-3-2-4-6-22)29-34(20)26-9-10-27(35)33(30-26)18-28(36)32-13-11-31(12-14-32)17-21-7-8-24-25(16-21)38-19-37-24/h2-10,15-16H,11-14,17-19H2,1H3. The average molecular weight is 513 g/mol. The monoisotopic (exact) mass is 512 g/mol. The SMILES string of the molecule is Cc1cc(-c2ccccc2)nn1-c1ccc(=O)n(CC(=O)N2CCN(Cc3ccc4c(c3)OCO4)CC2)n1. The zero-order chi connectivity index (χ0) is 26.1. The first-order valence-electron chi connectivity index (χ1n) is 12.6. The van der Waals surface area contributed by atoms with Crippen LogP contribution in [0.2, 0.25) is 0 Å². The Labute approximate surface area is 219 Å². The zero-order valence-electron chi connectivity index (χ0n) is 21.1. The van der Waals surface area contributed by atoms with Crippen LogP contribution in [0.1, 0.15) is 11.3 Å². The fourth-order valence-electron chi connectivity index (χ4n) is 4.80. The topological polar surface area (TPSA) is 94.7 Å². The minimum atomic E-state index is -0.323. The molecule has 1 amide bonds. The molecule has 0 saturated carbocycles. The normalized spacial score (nSPS) is 15.1. The van der Waals surface area contributed by atoms with E-state index < -0.39 is 0 Å². The van der Waals surface area contributed by atoms with E-state index in [-0.39, 0.29) is 24.8 Å². The molecule has 4 heterocycles. The highest BCUT2D eigenvalue weighted by molar-refractivity contribution is 5.76. The average Bonchev–Trinajstić information content (AvgIpc) is 3.57. The fraction of sp³-hybridized carbons (Fsp3) is 0.286. The van der Waals surface area contributed by atoms with Crippen LogP contribution in [-0.4, -0.2) is 68.2 Å². The van der Waals surface area contributed by atoms with E-state index in [4.69, 9.17) is 9.47 Å². The summed E-state index contributed by atoms with van der Waals surface area (Å²) in [6.07, 6.45) is 0. The molecule has 2 aromatic carbocycles. The highest BCUT2D eigenvalue weighted by Crippen LogP contribution is 2.32. The maximum atomic E-state index is 13.1. The van der Waals surface area contributed by atoms with Gasteiger partial charge in [-0.15, -0.1) is 5.10 Å². The highest BCUT2D eigenvalue weighted by atomic mass is 16.7. The predicted octanol–water partition coefficient (Wildman–Crippen LogP) is 2.48. The lowest BCUT2D eigenvalue weighted by Crippen LogP contribution is -2.49. The van der Waals surface area contributed by atoms with E-state index >= 15 is 0 Å². The van der Waals surface area contributed by atoms with Crippen molar-refractivity contribution < 1.29 is 14.3 Å². The van der Waals surface area contributed by atoms with E-state index in [1.165, 1.54) is 10.7 Å². The smallest absolute Gasteiger partial charge is 0.267 e. The Balaban J connectivity index is 1.10. The van der Waals surface area contributed by atoms with Gasteiger partial charge in [0.25, 0.3) is 5.56 Å². The minimum Gasteiger partial charge on any atom is -0.454 e. The van der Waals surface area contributed by atoms with Crippen LogP contribution in [-0.2, 0) is 17.9 Å². The maximum absolute atomic E-state index is 13.1. The van der Waals surface area contributed by atoms with Crippen molar-refractivity contribution in [2.24, 2.45) is 0 Å². The molecule has 4 aromatic rings. The van der Waals surface area contributed by atoms with Crippen molar-refractivity contribution in [1.82, 2.24) is 29.4 Å². The summed E-state index contributed by atoms with van der Waals surface area (Å²) >= 11 is 0. The number of aromatic nitrogens is 4. The van der Waals surface area contributed by atoms with Crippen LogP contribution in [0.15, 0.2) is 71.5 Å². The number of benzene rings is 2. The van der Waals surface area contributed by atoms with Crippen molar-refractivity contribution in [3.05, 3.63) is 88.3 Å². The lowest BCUT2D eigenvalue weighted by atomic mass is 10.1. The fourth-order valence-corrected chi connectivity index (χ4v) is 4.80. The Morgan fingerprint density at radius 1 is 0.895 bits per heavy atom. The third-order valence-electron chi connectivity index (χ3n) is 6.88. The molecule has 2 aromatic heterocycles. The van der Waals surface area contributed by atoms with Crippen LogP contribution in [0, 0.1) is 6.92 Å². The van der Waals surface area contributed by atoms with Gasteiger partial charge in [0, 0.05) is 50.0 Å². The molecule has 1 saturated heterocycles. The molecule has 194 valence electrons. The molecule has 0 aliphatic carbocycles. The first-order valence-corrected chi connectivity index (χ1v) is 12.6. The number of piperazine rings is 1. The second-order valence-corrected chi connectivity index (χ2v) is 9.48. The van der Waals surface area contributed by atoms with Crippen molar-refractivity contribution in [1.29, 1.82) is 0 Å². The number of nitrogens with zero attached hydrogens (tertiary/aromatic N) is 6. The zero-order valence-corrected chi connectivity index (χ0v) is 21.1. The molecule has 38 heavy (non-hydrogen) atoms. The largest absolute Gasteiger partial charge is 0.454 e. The van der Waals surface area contributed by atoms with Crippen LogP contribution < -0.4 is 15.0 Å². The molecule has 0 unspecified atom stereocenters. The molecule has 0 N–H and O–H groups in total. The van der Waals surface area contributed by atoms with Crippen LogP contribution in [0.4, 0.5) is 0 Å². The van der Waals surface area contributed by atoms with Crippen LogP contribution >= 0.6 is 0 Å². The van der Waals surface area contributed by atoms with Gasteiger partial charge in [-0.05, 0) is 36.8 Å². The molecular formula is C28H28N6O4. The van der Waals surface area contributed by atoms with E-state index in [1.807, 2.05) is 61.5 Å². The lowest BCUT2D eigenvalue weighted by Gasteiger charge is -2.34. The van der Waals surface area contributed by atoms with E-state index in [2.05, 4.69) is 15.1 Å². The summed E-state index contributed by atoms with van der Waals surface area (Å²) in [4.78, 5) is 29.7. The lowest BCUT2D eigenvalue weighted by molar-refractivity contribution is -0.133. The van der Waals surface area contributed by atoms with Gasteiger partial charge in [-0.25, -0.2) is 9.36 Å². The Morgan fingerprint density at radius 2 is 1.68 bits per heavy atom. The van der Waals surface area contributed by atoms with Crippen molar-refractivity contribution in [3.8, 4) is 28.6 Å². The molecule has 0 atom stereocenters. The molecule has 0 radical (unpaired) electrons. The first kappa shape index (κ1) is 23.9. The summed E-state index contributed by atoms with van der Waals surface area (Å²) in [7, 11) is 0. The summed E-state index contributed by atoms with van der Waals surface area (Å²) in [5.41, 5.74) is 3.52. The third kappa shape index (κ3) is 4.90. The van der Waals surface area contributed by atoms with Gasteiger partial charge in [-0.1, -0.05) is 36.4 Å². The molecular weight excluding hydrogens is 484 g/mol. The number of fused-ring (bicyclic) bond motifs is 1. The van der Waals surface area contributed by atoms with E-state index in [9.17, 15) is 9.59 Å². The van der Waals surface area contributed by atoms with Gasteiger partial charge in [0.2, 0.25) is 12.7 Å². The molecule has 0 bridgehead atoms. The number of carbonyl (C=O) groups is 1. The number of ether oxygens (including phenoxy) is 2. The molecule has 2 aliphatic heterocycles. The van der Waals surface area contributed by atoms with Gasteiger partial charge in [-0.2, -0.15) is 5.10 Å². The summed E-state index contributed by atoms with van der Waals surface area (Å²) in [6, 6.07) is 20.9. The molecule has 10 nitrogen and oxygen atoms in total. The van der Waals surface area contributed by atoms with Gasteiger partial charge < -0.3 is 14.4 Å². The van der Waals surface area contributed by atoms with Gasteiger partial charge in [-0.3, -0.25) is 14.5 Å². The molecule has 0 spiro atoms. The van der Waals surface area contributed by atoms with Crippen LogP contribution in [0.5, 0.6) is 11.5 Å². The van der Waals surface area contributed by atoms with Gasteiger partial charge in [0.15, 0.2) is 17.3 Å². The van der Waals surface area contributed by atoms with Crippen molar-refractivity contribution in [3.63, 3.8) is 0 Å². The molecule has 6 rings (SSSR count). The number of rotatable bonds is 6. The van der Waals surface area contributed by atoms with Crippen LogP contribution in [0.3, 0.4) is 0 Å². The number of aryl methyl sites for hydroxylation is 1. The van der Waals surface area contributed by atoms with Crippen molar-refractivity contribution in [2.45, 2.75) is 20.0 Å². The molecule has 2 aliphatic rings. The van der Waals surface area contributed by atoms with E-state index in [1.54, 1.807) is 15.6 Å².